The molecule has 42 heavy (non-hydrogen) atoms. The summed E-state index contributed by atoms with van der Waals surface area (Å²) in [5.41, 5.74) is 4.83. The summed E-state index contributed by atoms with van der Waals surface area (Å²) in [6.45, 7) is 10.5. The standard InChI is InChI=1S/C34H38N4O4/c1-19(2)30(35-33(41)42-34(3,4)5)20-15-16-38-25-14-10-8-12-22(25)27(26(38)17-20)29-28(31(39)36-32(29)40)23-18-37(6)24-13-9-7-11-21(23)24/h7-14,18-20,30H,15-17H2,1-6H3,(H,35,41)(H,36,39,40)/t20-,30+/m0/s1. The number of fused-ring (bicyclic) bond motifs is 4. The summed E-state index contributed by atoms with van der Waals surface area (Å²) in [6.07, 6.45) is 3.03. The predicted octanol–water partition coefficient (Wildman–Crippen LogP) is 5.81. The third kappa shape index (κ3) is 4.68. The first-order valence-corrected chi connectivity index (χ1v) is 14.7. The van der Waals surface area contributed by atoms with E-state index in [1.165, 1.54) is 0 Å². The van der Waals surface area contributed by atoms with Crippen LogP contribution in [-0.2, 0) is 34.3 Å². The lowest BCUT2D eigenvalue weighted by molar-refractivity contribution is -0.122. The number of ether oxygens (including phenoxy) is 1. The van der Waals surface area contributed by atoms with Gasteiger partial charge in [0.1, 0.15) is 5.60 Å². The average molecular weight is 567 g/mol. The van der Waals surface area contributed by atoms with Crippen molar-refractivity contribution in [2.75, 3.05) is 0 Å². The molecule has 2 atom stereocenters. The lowest BCUT2D eigenvalue weighted by Gasteiger charge is -2.35. The number of alkyl carbamates (subject to hydrolysis) is 1. The van der Waals surface area contributed by atoms with E-state index in [1.807, 2.05) is 81.0 Å². The van der Waals surface area contributed by atoms with Gasteiger partial charge in [-0.1, -0.05) is 50.2 Å². The Morgan fingerprint density at radius 3 is 2.31 bits per heavy atom. The van der Waals surface area contributed by atoms with Crippen molar-refractivity contribution in [1.82, 2.24) is 19.8 Å². The maximum absolute atomic E-state index is 13.7. The molecule has 0 radical (unpaired) electrons. The Bertz CT molecular complexity index is 1780. The maximum atomic E-state index is 13.7. The van der Waals surface area contributed by atoms with Gasteiger partial charge >= 0.3 is 6.09 Å². The van der Waals surface area contributed by atoms with E-state index in [4.69, 9.17) is 4.74 Å². The third-order valence-corrected chi connectivity index (χ3v) is 8.51. The number of benzene rings is 2. The van der Waals surface area contributed by atoms with Crippen LogP contribution in [0, 0.1) is 11.8 Å². The second-order valence-corrected chi connectivity index (χ2v) is 12.9. The lowest BCUT2D eigenvalue weighted by Crippen LogP contribution is -2.47. The van der Waals surface area contributed by atoms with Crippen LogP contribution in [0.4, 0.5) is 4.79 Å². The van der Waals surface area contributed by atoms with Crippen molar-refractivity contribution < 1.29 is 19.1 Å². The smallest absolute Gasteiger partial charge is 0.407 e. The number of rotatable bonds is 5. The molecule has 3 amide bonds. The van der Waals surface area contributed by atoms with Gasteiger partial charge in [0, 0.05) is 64.5 Å². The van der Waals surface area contributed by atoms with Crippen molar-refractivity contribution in [1.29, 1.82) is 0 Å². The van der Waals surface area contributed by atoms with E-state index in [2.05, 4.69) is 35.1 Å². The Morgan fingerprint density at radius 1 is 0.976 bits per heavy atom. The van der Waals surface area contributed by atoms with E-state index < -0.39 is 11.7 Å². The summed E-state index contributed by atoms with van der Waals surface area (Å²) in [5.74, 6) is -0.468. The van der Waals surface area contributed by atoms with Crippen molar-refractivity contribution in [3.05, 3.63) is 71.5 Å². The Labute approximate surface area is 245 Å². The number of amides is 3. The first-order valence-electron chi connectivity index (χ1n) is 14.7. The van der Waals surface area contributed by atoms with E-state index >= 15 is 0 Å². The summed E-state index contributed by atoms with van der Waals surface area (Å²) >= 11 is 0. The molecule has 0 unspecified atom stereocenters. The fourth-order valence-electron chi connectivity index (χ4n) is 6.82. The van der Waals surface area contributed by atoms with Crippen LogP contribution in [0.3, 0.4) is 0 Å². The second kappa shape index (κ2) is 10.2. The van der Waals surface area contributed by atoms with Gasteiger partial charge in [-0.05, 0) is 57.6 Å². The number of nitrogens with one attached hydrogen (secondary N) is 2. The third-order valence-electron chi connectivity index (χ3n) is 8.51. The molecule has 0 saturated carbocycles. The normalized spacial score (nSPS) is 18.1. The zero-order chi connectivity index (χ0) is 29.9. The minimum absolute atomic E-state index is 0.120. The number of aryl methyl sites for hydroxylation is 2. The molecule has 0 spiro atoms. The number of imide groups is 1. The summed E-state index contributed by atoms with van der Waals surface area (Å²) in [4.78, 5) is 40.0. The molecular formula is C34H38N4O4. The number of nitrogens with zero attached hydrogens (tertiary/aromatic N) is 2. The monoisotopic (exact) mass is 566 g/mol. The van der Waals surface area contributed by atoms with E-state index in [0.29, 0.717) is 17.6 Å². The van der Waals surface area contributed by atoms with E-state index in [9.17, 15) is 14.4 Å². The number of hydrogen-bond acceptors (Lipinski definition) is 4. The highest BCUT2D eigenvalue weighted by molar-refractivity contribution is 6.51. The number of carbonyl (C=O) groups excluding carboxylic acids is 3. The lowest BCUT2D eigenvalue weighted by atomic mass is 9.81. The summed E-state index contributed by atoms with van der Waals surface area (Å²) < 4.78 is 9.88. The van der Waals surface area contributed by atoms with Gasteiger partial charge in [0.25, 0.3) is 11.8 Å². The number of hydrogen-bond donors (Lipinski definition) is 2. The van der Waals surface area contributed by atoms with Crippen LogP contribution in [0.25, 0.3) is 33.0 Å². The summed E-state index contributed by atoms with van der Waals surface area (Å²) in [5, 5.41) is 7.63. The SMILES string of the molecule is CC(C)[C@@H](NC(=O)OC(C)(C)C)[C@H]1CCn2c(c(C3=C(c4cn(C)c5ccccc45)C(=O)NC3=O)c3ccccc32)C1. The van der Waals surface area contributed by atoms with Crippen LogP contribution in [0.15, 0.2) is 54.7 Å². The van der Waals surface area contributed by atoms with Gasteiger partial charge in [0.15, 0.2) is 0 Å². The van der Waals surface area contributed by atoms with Gasteiger partial charge in [0.2, 0.25) is 0 Å². The van der Waals surface area contributed by atoms with Crippen LogP contribution in [0.2, 0.25) is 0 Å². The number of aromatic nitrogens is 2. The zero-order valence-corrected chi connectivity index (χ0v) is 25.1. The minimum Gasteiger partial charge on any atom is -0.444 e. The molecule has 0 aliphatic carbocycles. The highest BCUT2D eigenvalue weighted by Crippen LogP contribution is 2.43. The van der Waals surface area contributed by atoms with Crippen LogP contribution < -0.4 is 10.6 Å². The molecule has 0 bridgehead atoms. The van der Waals surface area contributed by atoms with Crippen molar-refractivity contribution in [2.24, 2.45) is 18.9 Å². The fourth-order valence-corrected chi connectivity index (χ4v) is 6.82. The van der Waals surface area contributed by atoms with Crippen molar-refractivity contribution in [3.8, 4) is 0 Å². The molecule has 218 valence electrons. The van der Waals surface area contributed by atoms with Gasteiger partial charge in [-0.2, -0.15) is 0 Å². The van der Waals surface area contributed by atoms with Crippen LogP contribution >= 0.6 is 0 Å². The molecule has 2 aliphatic heterocycles. The van der Waals surface area contributed by atoms with E-state index in [-0.39, 0.29) is 29.7 Å². The van der Waals surface area contributed by atoms with E-state index in [1.54, 1.807) is 0 Å². The van der Waals surface area contributed by atoms with Crippen LogP contribution in [0.5, 0.6) is 0 Å². The topological polar surface area (TPSA) is 94.4 Å². The molecule has 8 nitrogen and oxygen atoms in total. The summed E-state index contributed by atoms with van der Waals surface area (Å²) in [6, 6.07) is 15.9. The highest BCUT2D eigenvalue weighted by Gasteiger charge is 2.39. The fraction of sp³-hybridized carbons (Fsp3) is 0.382. The Morgan fingerprint density at radius 2 is 1.62 bits per heavy atom. The van der Waals surface area contributed by atoms with Crippen molar-refractivity contribution >= 4 is 50.9 Å². The van der Waals surface area contributed by atoms with Gasteiger partial charge in [0.05, 0.1) is 11.1 Å². The maximum Gasteiger partial charge on any atom is 0.407 e. The molecule has 2 N–H and O–H groups in total. The van der Waals surface area contributed by atoms with Crippen molar-refractivity contribution in [3.63, 3.8) is 0 Å². The largest absolute Gasteiger partial charge is 0.444 e. The second-order valence-electron chi connectivity index (χ2n) is 12.9. The Hall–Kier alpha value is -4.33. The Kier molecular flexibility index (Phi) is 6.75. The molecule has 2 aliphatic rings. The molecule has 6 rings (SSSR count). The molecule has 0 saturated heterocycles. The summed E-state index contributed by atoms with van der Waals surface area (Å²) in [7, 11) is 1.95. The Balaban J connectivity index is 1.51. The molecule has 2 aromatic carbocycles. The number of para-hydroxylation sites is 2. The molecular weight excluding hydrogens is 528 g/mol. The van der Waals surface area contributed by atoms with E-state index in [0.717, 1.165) is 51.6 Å². The van der Waals surface area contributed by atoms with Gasteiger partial charge in [-0.25, -0.2) is 4.79 Å². The first-order chi connectivity index (χ1) is 19.9. The molecule has 4 heterocycles. The van der Waals surface area contributed by atoms with Crippen LogP contribution in [-0.4, -0.2) is 38.7 Å². The molecule has 8 heteroatoms. The van der Waals surface area contributed by atoms with Gasteiger partial charge in [-0.3, -0.25) is 14.9 Å². The molecule has 4 aromatic rings. The van der Waals surface area contributed by atoms with Gasteiger partial charge in [-0.15, -0.1) is 0 Å². The van der Waals surface area contributed by atoms with Crippen LogP contribution in [0.1, 0.15) is 57.9 Å². The average Bonchev–Trinajstić information content (AvgIpc) is 3.53. The molecule has 0 fully saturated rings. The quantitative estimate of drug-likeness (QED) is 0.298. The zero-order valence-electron chi connectivity index (χ0n) is 25.1. The first kappa shape index (κ1) is 27.8. The number of carbonyl (C=O) groups is 3. The minimum atomic E-state index is -0.593. The molecule has 2 aromatic heterocycles. The predicted molar refractivity (Wildman–Crippen MR) is 165 cm³/mol. The van der Waals surface area contributed by atoms with Gasteiger partial charge < -0.3 is 19.2 Å². The van der Waals surface area contributed by atoms with Crippen molar-refractivity contribution in [2.45, 2.75) is 65.6 Å². The highest BCUT2D eigenvalue weighted by atomic mass is 16.6.